The molecule has 0 unspecified atom stereocenters. The Morgan fingerprint density at radius 3 is 2.67 bits per heavy atom. The van der Waals surface area contributed by atoms with Gasteiger partial charge in [-0.05, 0) is 30.7 Å². The summed E-state index contributed by atoms with van der Waals surface area (Å²) >= 11 is 0. The number of nitrogens with one attached hydrogen (secondary N) is 1. The summed E-state index contributed by atoms with van der Waals surface area (Å²) in [4.78, 5) is 12.5. The van der Waals surface area contributed by atoms with E-state index in [0.29, 0.717) is 37.5 Å². The van der Waals surface area contributed by atoms with Crippen LogP contribution in [-0.2, 0) is 15.6 Å². The van der Waals surface area contributed by atoms with E-state index in [0.717, 1.165) is 4.90 Å². The van der Waals surface area contributed by atoms with Crippen LogP contribution in [0.1, 0.15) is 12.8 Å². The molecule has 2 aromatic carbocycles. The van der Waals surface area contributed by atoms with Crippen LogP contribution in [0.4, 0.5) is 4.39 Å². The van der Waals surface area contributed by atoms with E-state index in [4.69, 9.17) is 4.74 Å². The SMILES string of the molecule is O=C(CCCOc1cccc(F)c1)NCC[S@](=O)c1ccccc1. The van der Waals surface area contributed by atoms with Crippen molar-refractivity contribution in [1.82, 2.24) is 5.32 Å². The van der Waals surface area contributed by atoms with E-state index in [2.05, 4.69) is 5.32 Å². The van der Waals surface area contributed by atoms with Crippen molar-refractivity contribution in [2.24, 2.45) is 0 Å². The first kappa shape index (κ1) is 18.1. The van der Waals surface area contributed by atoms with E-state index >= 15 is 0 Å². The maximum absolute atomic E-state index is 13.0. The van der Waals surface area contributed by atoms with Crippen molar-refractivity contribution < 1.29 is 18.1 Å². The van der Waals surface area contributed by atoms with Crippen LogP contribution in [-0.4, -0.2) is 29.0 Å². The third-order valence-electron chi connectivity index (χ3n) is 3.23. The molecule has 0 radical (unpaired) electrons. The number of amides is 1. The Hall–Kier alpha value is -2.21. The molecule has 1 amide bonds. The van der Waals surface area contributed by atoms with Crippen molar-refractivity contribution in [3.05, 3.63) is 60.4 Å². The lowest BCUT2D eigenvalue weighted by molar-refractivity contribution is -0.121. The lowest BCUT2D eigenvalue weighted by atomic mass is 10.3. The van der Waals surface area contributed by atoms with E-state index < -0.39 is 10.8 Å². The lowest BCUT2D eigenvalue weighted by Crippen LogP contribution is -2.27. The molecule has 0 aliphatic rings. The van der Waals surface area contributed by atoms with Gasteiger partial charge in [-0.15, -0.1) is 0 Å². The molecule has 0 spiro atoms. The van der Waals surface area contributed by atoms with E-state index in [1.165, 1.54) is 12.1 Å². The van der Waals surface area contributed by atoms with Gasteiger partial charge in [0.25, 0.3) is 0 Å². The molecule has 128 valence electrons. The van der Waals surface area contributed by atoms with E-state index in [1.807, 2.05) is 30.3 Å². The molecule has 0 fully saturated rings. The van der Waals surface area contributed by atoms with Gasteiger partial charge in [-0.2, -0.15) is 0 Å². The van der Waals surface area contributed by atoms with E-state index in [9.17, 15) is 13.4 Å². The maximum Gasteiger partial charge on any atom is 0.220 e. The first-order chi connectivity index (χ1) is 11.6. The Bertz CT molecular complexity index is 679. The van der Waals surface area contributed by atoms with Gasteiger partial charge in [-0.3, -0.25) is 9.00 Å². The third-order valence-corrected chi connectivity index (χ3v) is 4.60. The van der Waals surface area contributed by atoms with Crippen molar-refractivity contribution in [2.75, 3.05) is 18.9 Å². The highest BCUT2D eigenvalue weighted by Crippen LogP contribution is 2.12. The average Bonchev–Trinajstić information content (AvgIpc) is 2.59. The van der Waals surface area contributed by atoms with Gasteiger partial charge in [-0.25, -0.2) is 4.39 Å². The predicted octanol–water partition coefficient (Wildman–Crippen LogP) is 2.91. The summed E-state index contributed by atoms with van der Waals surface area (Å²) in [6.45, 7) is 0.706. The Labute approximate surface area is 143 Å². The second kappa shape index (κ2) is 9.82. The highest BCUT2D eigenvalue weighted by atomic mass is 32.2. The molecule has 24 heavy (non-hydrogen) atoms. The van der Waals surface area contributed by atoms with Gasteiger partial charge < -0.3 is 10.1 Å². The standard InChI is InChI=1S/C18H20FNO3S/c19-15-6-4-7-16(14-15)23-12-5-10-18(21)20-11-13-24(22)17-8-2-1-3-9-17/h1-4,6-9,14H,5,10-13H2,(H,20,21)/t24-/m0/s1. The minimum atomic E-state index is -1.11. The number of hydrogen-bond donors (Lipinski definition) is 1. The summed E-state index contributed by atoms with van der Waals surface area (Å²) in [5.74, 6) is 0.378. The third kappa shape index (κ3) is 6.50. The Morgan fingerprint density at radius 1 is 1.12 bits per heavy atom. The van der Waals surface area contributed by atoms with Gasteiger partial charge in [0, 0.05) is 29.7 Å². The maximum atomic E-state index is 13.0. The van der Waals surface area contributed by atoms with Gasteiger partial charge in [0.1, 0.15) is 11.6 Å². The molecule has 0 aliphatic carbocycles. The summed E-state index contributed by atoms with van der Waals surface area (Å²) in [7, 11) is -1.11. The largest absolute Gasteiger partial charge is 0.493 e. The summed E-state index contributed by atoms with van der Waals surface area (Å²) in [5, 5.41) is 2.74. The van der Waals surface area contributed by atoms with E-state index in [1.54, 1.807) is 12.1 Å². The van der Waals surface area contributed by atoms with Crippen LogP contribution in [0.3, 0.4) is 0 Å². The Kier molecular flexibility index (Phi) is 7.42. The molecular formula is C18H20FNO3S. The zero-order chi connectivity index (χ0) is 17.2. The van der Waals surface area contributed by atoms with Crippen LogP contribution >= 0.6 is 0 Å². The monoisotopic (exact) mass is 349 g/mol. The summed E-state index contributed by atoms with van der Waals surface area (Å²) in [5.41, 5.74) is 0. The average molecular weight is 349 g/mol. The van der Waals surface area contributed by atoms with Crippen LogP contribution in [0.15, 0.2) is 59.5 Å². The smallest absolute Gasteiger partial charge is 0.220 e. The minimum Gasteiger partial charge on any atom is -0.493 e. The van der Waals surface area contributed by atoms with Gasteiger partial charge in [0.2, 0.25) is 5.91 Å². The number of carbonyl (C=O) groups is 1. The fourth-order valence-corrected chi connectivity index (χ4v) is 3.03. The molecule has 2 aromatic rings. The number of hydrogen-bond acceptors (Lipinski definition) is 3. The van der Waals surface area contributed by atoms with Gasteiger partial charge in [0.15, 0.2) is 0 Å². The quantitative estimate of drug-likeness (QED) is 0.708. The molecule has 0 bridgehead atoms. The molecule has 2 rings (SSSR count). The molecule has 4 nitrogen and oxygen atoms in total. The summed E-state index contributed by atoms with van der Waals surface area (Å²) in [6, 6.07) is 15.1. The minimum absolute atomic E-state index is 0.108. The fourth-order valence-electron chi connectivity index (χ4n) is 2.04. The van der Waals surface area contributed by atoms with Crippen molar-refractivity contribution >= 4 is 16.7 Å². The van der Waals surface area contributed by atoms with Gasteiger partial charge in [0.05, 0.1) is 17.4 Å². The van der Waals surface area contributed by atoms with Crippen LogP contribution < -0.4 is 10.1 Å². The van der Waals surface area contributed by atoms with Crippen molar-refractivity contribution in [2.45, 2.75) is 17.7 Å². The van der Waals surface area contributed by atoms with Crippen LogP contribution in [0.25, 0.3) is 0 Å². The zero-order valence-corrected chi connectivity index (χ0v) is 14.1. The molecule has 6 heteroatoms. The molecule has 0 saturated carbocycles. The Morgan fingerprint density at radius 2 is 1.92 bits per heavy atom. The second-order valence-corrected chi connectivity index (χ2v) is 6.69. The number of halogens is 1. The molecule has 0 saturated heterocycles. The first-order valence-electron chi connectivity index (χ1n) is 7.73. The highest BCUT2D eigenvalue weighted by Gasteiger charge is 2.05. The number of rotatable bonds is 9. The molecule has 1 atom stereocenters. The van der Waals surface area contributed by atoms with Gasteiger partial charge >= 0.3 is 0 Å². The molecule has 1 N–H and O–H groups in total. The molecule has 0 aliphatic heterocycles. The van der Waals surface area contributed by atoms with Crippen LogP contribution in [0, 0.1) is 5.82 Å². The van der Waals surface area contributed by atoms with Crippen molar-refractivity contribution in [1.29, 1.82) is 0 Å². The number of benzene rings is 2. The molecule has 0 heterocycles. The summed E-state index contributed by atoms with van der Waals surface area (Å²) in [6.07, 6.45) is 0.845. The van der Waals surface area contributed by atoms with Crippen LogP contribution in [0.5, 0.6) is 5.75 Å². The fraction of sp³-hybridized carbons (Fsp3) is 0.278. The Balaban J connectivity index is 1.57. The predicted molar refractivity (Wildman–Crippen MR) is 91.9 cm³/mol. The zero-order valence-electron chi connectivity index (χ0n) is 13.2. The number of carbonyl (C=O) groups excluding carboxylic acids is 1. The van der Waals surface area contributed by atoms with Crippen molar-refractivity contribution in [3.63, 3.8) is 0 Å². The second-order valence-electron chi connectivity index (χ2n) is 5.12. The summed E-state index contributed by atoms with van der Waals surface area (Å²) < 4.78 is 30.3. The lowest BCUT2D eigenvalue weighted by Gasteiger charge is -2.07. The topological polar surface area (TPSA) is 55.4 Å². The molecule has 0 aromatic heterocycles. The first-order valence-corrected chi connectivity index (χ1v) is 9.05. The van der Waals surface area contributed by atoms with Crippen molar-refractivity contribution in [3.8, 4) is 5.75 Å². The molecular weight excluding hydrogens is 329 g/mol. The number of ether oxygens (including phenoxy) is 1. The normalized spacial score (nSPS) is 11.7. The highest BCUT2D eigenvalue weighted by molar-refractivity contribution is 7.85. The van der Waals surface area contributed by atoms with Gasteiger partial charge in [-0.1, -0.05) is 24.3 Å². The van der Waals surface area contributed by atoms with E-state index in [-0.39, 0.29) is 11.7 Å². The van der Waals surface area contributed by atoms with Crippen LogP contribution in [0.2, 0.25) is 0 Å².